The third-order valence-corrected chi connectivity index (χ3v) is 3.80. The van der Waals surface area contributed by atoms with Crippen molar-refractivity contribution in [2.24, 2.45) is 0 Å². The van der Waals surface area contributed by atoms with Gasteiger partial charge in [0.05, 0.1) is 17.5 Å². The Bertz CT molecular complexity index is 1070. The lowest BCUT2D eigenvalue weighted by atomic mass is 10.2. The van der Waals surface area contributed by atoms with Gasteiger partial charge in [0.1, 0.15) is 11.5 Å². The molecule has 0 saturated carbocycles. The molecule has 0 aliphatic carbocycles. The summed E-state index contributed by atoms with van der Waals surface area (Å²) in [5.74, 6) is 0.802. The molecule has 26 heavy (non-hydrogen) atoms. The Morgan fingerprint density at radius 2 is 2.04 bits per heavy atom. The van der Waals surface area contributed by atoms with Crippen molar-refractivity contribution >= 4 is 22.9 Å². The first-order valence-corrected chi connectivity index (χ1v) is 8.18. The van der Waals surface area contributed by atoms with Crippen LogP contribution in [0.1, 0.15) is 17.9 Å². The zero-order valence-corrected chi connectivity index (χ0v) is 14.2. The minimum absolute atomic E-state index is 0.0963. The number of nitrogens with one attached hydrogen (secondary N) is 1. The summed E-state index contributed by atoms with van der Waals surface area (Å²) < 4.78 is 11.5. The maximum atomic E-state index is 12.4. The highest BCUT2D eigenvalue weighted by Gasteiger charge is 2.07. The van der Waals surface area contributed by atoms with Crippen molar-refractivity contribution in [3.8, 4) is 0 Å². The van der Waals surface area contributed by atoms with Crippen LogP contribution in [0.3, 0.4) is 0 Å². The fourth-order valence-electron chi connectivity index (χ4n) is 2.54. The van der Waals surface area contributed by atoms with E-state index in [9.17, 15) is 14.4 Å². The van der Waals surface area contributed by atoms with Crippen LogP contribution in [0.5, 0.6) is 0 Å². The molecule has 2 heterocycles. The van der Waals surface area contributed by atoms with E-state index in [2.05, 4.69) is 4.98 Å². The van der Waals surface area contributed by atoms with Crippen LogP contribution in [0.25, 0.3) is 17.0 Å². The minimum atomic E-state index is -0.515. The molecule has 0 bridgehead atoms. The molecule has 0 aliphatic rings. The molecule has 0 unspecified atom stereocenters. The Morgan fingerprint density at radius 3 is 2.81 bits per heavy atom. The number of aromatic amines is 1. The number of para-hydroxylation sites is 1. The van der Waals surface area contributed by atoms with Gasteiger partial charge in [-0.3, -0.25) is 9.36 Å². The summed E-state index contributed by atoms with van der Waals surface area (Å²) in [6.07, 6.45) is 3.14. The number of esters is 1. The zero-order chi connectivity index (χ0) is 18.5. The Morgan fingerprint density at radius 1 is 1.23 bits per heavy atom. The second kappa shape index (κ2) is 7.69. The number of rotatable bonds is 6. The molecule has 7 heteroatoms. The topological polar surface area (TPSA) is 94.3 Å². The quantitative estimate of drug-likeness (QED) is 0.416. The molecule has 0 spiro atoms. The first-order valence-electron chi connectivity index (χ1n) is 8.18. The molecule has 1 N–H and O–H groups in total. The van der Waals surface area contributed by atoms with Crippen molar-refractivity contribution in [1.82, 2.24) is 9.55 Å². The van der Waals surface area contributed by atoms with Crippen LogP contribution >= 0.6 is 0 Å². The number of furan rings is 1. The number of fused-ring (bicyclic) bond motifs is 1. The van der Waals surface area contributed by atoms with E-state index in [1.54, 1.807) is 36.4 Å². The van der Waals surface area contributed by atoms with Gasteiger partial charge in [-0.2, -0.15) is 0 Å². The molecule has 0 amide bonds. The van der Waals surface area contributed by atoms with Gasteiger partial charge < -0.3 is 14.1 Å². The summed E-state index contributed by atoms with van der Waals surface area (Å²) in [7, 11) is 0. The second-order valence-electron chi connectivity index (χ2n) is 5.74. The average molecular weight is 354 g/mol. The SMILES string of the molecule is Cc1ccc(C=CC(=O)OCCCn2c(=O)[nH]c3ccccc3c2=O)o1. The van der Waals surface area contributed by atoms with E-state index in [1.807, 2.05) is 6.92 Å². The summed E-state index contributed by atoms with van der Waals surface area (Å²) in [6, 6.07) is 10.4. The van der Waals surface area contributed by atoms with Gasteiger partial charge in [-0.05, 0) is 43.7 Å². The number of aromatic nitrogens is 2. The Balaban J connectivity index is 1.56. The first-order chi connectivity index (χ1) is 12.5. The second-order valence-corrected chi connectivity index (χ2v) is 5.74. The largest absolute Gasteiger partial charge is 0.462 e. The van der Waals surface area contributed by atoms with Crippen molar-refractivity contribution in [1.29, 1.82) is 0 Å². The van der Waals surface area contributed by atoms with Gasteiger partial charge in [0.15, 0.2) is 0 Å². The van der Waals surface area contributed by atoms with E-state index >= 15 is 0 Å². The molecule has 134 valence electrons. The molecule has 7 nitrogen and oxygen atoms in total. The first kappa shape index (κ1) is 17.5. The number of ether oxygens (including phenoxy) is 1. The number of hydrogen-bond acceptors (Lipinski definition) is 5. The molecule has 0 saturated heterocycles. The maximum absolute atomic E-state index is 12.4. The number of hydrogen-bond donors (Lipinski definition) is 1. The van der Waals surface area contributed by atoms with Crippen LogP contribution in [-0.2, 0) is 16.1 Å². The Kier molecular flexibility index (Phi) is 5.17. The summed E-state index contributed by atoms with van der Waals surface area (Å²) >= 11 is 0. The van der Waals surface area contributed by atoms with Gasteiger partial charge >= 0.3 is 11.7 Å². The molecule has 1 aromatic carbocycles. The zero-order valence-electron chi connectivity index (χ0n) is 14.2. The molecule has 0 atom stereocenters. The number of carbonyl (C=O) groups is 1. The van der Waals surface area contributed by atoms with Crippen molar-refractivity contribution in [3.63, 3.8) is 0 Å². The van der Waals surface area contributed by atoms with E-state index in [1.165, 1.54) is 12.2 Å². The molecule has 3 rings (SSSR count). The third-order valence-electron chi connectivity index (χ3n) is 3.80. The van der Waals surface area contributed by atoms with Crippen molar-refractivity contribution in [2.45, 2.75) is 19.9 Å². The predicted octanol–water partition coefficient (Wildman–Crippen LogP) is 2.24. The minimum Gasteiger partial charge on any atom is -0.462 e. The molecular formula is C19H18N2O5. The monoisotopic (exact) mass is 354 g/mol. The average Bonchev–Trinajstić information content (AvgIpc) is 3.04. The van der Waals surface area contributed by atoms with Crippen LogP contribution in [0.2, 0.25) is 0 Å². The Hall–Kier alpha value is -3.35. The standard InChI is InChI=1S/C19H18N2O5/c1-13-7-8-14(26-13)9-10-17(22)25-12-4-11-21-18(23)15-5-2-3-6-16(15)20-19(21)24/h2-3,5-10H,4,11-12H2,1H3,(H,20,24). The predicted molar refractivity (Wildman–Crippen MR) is 96.9 cm³/mol. The van der Waals surface area contributed by atoms with Crippen LogP contribution in [0, 0.1) is 6.92 Å². The van der Waals surface area contributed by atoms with Gasteiger partial charge in [0.2, 0.25) is 0 Å². The summed E-state index contributed by atoms with van der Waals surface area (Å²) in [4.78, 5) is 38.7. The fraction of sp³-hybridized carbons (Fsp3) is 0.211. The van der Waals surface area contributed by atoms with E-state index in [4.69, 9.17) is 9.15 Å². The Labute approximate surface area is 148 Å². The molecular weight excluding hydrogens is 336 g/mol. The maximum Gasteiger partial charge on any atom is 0.330 e. The number of carbonyl (C=O) groups excluding carboxylic acids is 1. The molecule has 0 aliphatic heterocycles. The van der Waals surface area contributed by atoms with Gasteiger partial charge in [-0.1, -0.05) is 12.1 Å². The van der Waals surface area contributed by atoms with Crippen molar-refractivity contribution < 1.29 is 13.9 Å². The van der Waals surface area contributed by atoms with E-state index in [0.29, 0.717) is 23.1 Å². The van der Waals surface area contributed by atoms with Crippen molar-refractivity contribution in [2.75, 3.05) is 6.61 Å². The summed E-state index contributed by atoms with van der Waals surface area (Å²) in [5.41, 5.74) is -0.333. The van der Waals surface area contributed by atoms with E-state index in [-0.39, 0.29) is 18.7 Å². The molecule has 2 aromatic heterocycles. The van der Waals surface area contributed by atoms with E-state index < -0.39 is 11.7 Å². The lowest BCUT2D eigenvalue weighted by molar-refractivity contribution is -0.137. The third kappa shape index (κ3) is 4.00. The van der Waals surface area contributed by atoms with E-state index in [0.717, 1.165) is 10.3 Å². The van der Waals surface area contributed by atoms with Crippen LogP contribution in [0.15, 0.2) is 56.5 Å². The van der Waals surface area contributed by atoms with Gasteiger partial charge in [-0.15, -0.1) is 0 Å². The smallest absolute Gasteiger partial charge is 0.330 e. The molecule has 0 radical (unpaired) electrons. The molecule has 3 aromatic rings. The van der Waals surface area contributed by atoms with Gasteiger partial charge in [0.25, 0.3) is 5.56 Å². The molecule has 0 fully saturated rings. The normalized spacial score (nSPS) is 11.3. The van der Waals surface area contributed by atoms with Crippen LogP contribution < -0.4 is 11.2 Å². The van der Waals surface area contributed by atoms with Gasteiger partial charge in [0, 0.05) is 12.6 Å². The summed E-state index contributed by atoms with van der Waals surface area (Å²) in [5, 5.41) is 0.445. The number of benzene rings is 1. The van der Waals surface area contributed by atoms with Crippen LogP contribution in [0.4, 0.5) is 0 Å². The lowest BCUT2D eigenvalue weighted by Crippen LogP contribution is -2.35. The van der Waals surface area contributed by atoms with Gasteiger partial charge in [-0.25, -0.2) is 9.59 Å². The lowest BCUT2D eigenvalue weighted by Gasteiger charge is -2.06. The highest BCUT2D eigenvalue weighted by molar-refractivity contribution is 5.86. The number of aryl methyl sites for hydroxylation is 1. The highest BCUT2D eigenvalue weighted by atomic mass is 16.5. The number of H-pyrrole nitrogens is 1. The number of nitrogens with zero attached hydrogens (tertiary/aromatic N) is 1. The van der Waals surface area contributed by atoms with Crippen LogP contribution in [-0.4, -0.2) is 22.1 Å². The van der Waals surface area contributed by atoms with Crippen molar-refractivity contribution in [3.05, 3.63) is 74.8 Å². The fourth-order valence-corrected chi connectivity index (χ4v) is 2.54. The highest BCUT2D eigenvalue weighted by Crippen LogP contribution is 2.08. The summed E-state index contributed by atoms with van der Waals surface area (Å²) in [6.45, 7) is 2.07.